The molecule has 1 fully saturated rings. The second-order valence-electron chi connectivity index (χ2n) is 4.75. The Morgan fingerprint density at radius 2 is 1.75 bits per heavy atom. The zero-order valence-corrected chi connectivity index (χ0v) is 10.6. The number of hydrogen-bond acceptors (Lipinski definition) is 2. The summed E-state index contributed by atoms with van der Waals surface area (Å²) in [6.07, 6.45) is 8.55. The molecule has 1 aliphatic carbocycles. The minimum atomic E-state index is 0.270. The summed E-state index contributed by atoms with van der Waals surface area (Å²) < 4.78 is 0. The number of hydrogen-bond donors (Lipinski definition) is 1. The first-order valence-electron chi connectivity index (χ1n) is 6.78. The van der Waals surface area contributed by atoms with Gasteiger partial charge in [0.1, 0.15) is 0 Å². The quantitative estimate of drug-likeness (QED) is 0.798. The van der Waals surface area contributed by atoms with E-state index < -0.39 is 0 Å². The standard InChI is InChI=1S/C13H26N2O/c1-2-15(11-10-14)13(16)12-8-6-4-3-5-7-9-12/h12H,2-11,14H2,1H3. The van der Waals surface area contributed by atoms with Crippen molar-refractivity contribution in [3.05, 3.63) is 0 Å². The highest BCUT2D eigenvalue weighted by molar-refractivity contribution is 5.78. The van der Waals surface area contributed by atoms with Crippen LogP contribution in [0.2, 0.25) is 0 Å². The summed E-state index contributed by atoms with van der Waals surface area (Å²) >= 11 is 0. The van der Waals surface area contributed by atoms with Crippen LogP contribution in [0.4, 0.5) is 0 Å². The highest BCUT2D eigenvalue weighted by Crippen LogP contribution is 2.23. The largest absolute Gasteiger partial charge is 0.341 e. The molecule has 0 bridgehead atoms. The van der Waals surface area contributed by atoms with Crippen LogP contribution in [0.15, 0.2) is 0 Å². The van der Waals surface area contributed by atoms with E-state index in [0.29, 0.717) is 19.0 Å². The Bertz CT molecular complexity index is 198. The molecule has 1 aliphatic rings. The van der Waals surface area contributed by atoms with Crippen molar-refractivity contribution in [3.63, 3.8) is 0 Å². The fraction of sp³-hybridized carbons (Fsp3) is 0.923. The lowest BCUT2D eigenvalue weighted by Crippen LogP contribution is -2.39. The Hall–Kier alpha value is -0.570. The van der Waals surface area contributed by atoms with E-state index in [9.17, 15) is 4.79 Å². The van der Waals surface area contributed by atoms with Crippen molar-refractivity contribution in [2.45, 2.75) is 51.9 Å². The molecule has 0 aromatic carbocycles. The summed E-state index contributed by atoms with van der Waals surface area (Å²) in [5, 5.41) is 0. The first kappa shape index (κ1) is 13.5. The van der Waals surface area contributed by atoms with Crippen molar-refractivity contribution < 1.29 is 4.79 Å². The van der Waals surface area contributed by atoms with Gasteiger partial charge in [0, 0.05) is 25.6 Å². The lowest BCUT2D eigenvalue weighted by Gasteiger charge is -2.27. The number of carbonyl (C=O) groups excluding carboxylic acids is 1. The third-order valence-corrected chi connectivity index (χ3v) is 3.55. The zero-order chi connectivity index (χ0) is 11.8. The Labute approximate surface area is 99.4 Å². The predicted molar refractivity (Wildman–Crippen MR) is 67.1 cm³/mol. The van der Waals surface area contributed by atoms with E-state index in [1.807, 2.05) is 11.8 Å². The molecular weight excluding hydrogens is 200 g/mol. The molecule has 1 saturated carbocycles. The summed E-state index contributed by atoms with van der Waals surface area (Å²) in [6.45, 7) is 4.13. The molecular formula is C13H26N2O. The first-order valence-corrected chi connectivity index (χ1v) is 6.78. The van der Waals surface area contributed by atoms with Crippen molar-refractivity contribution in [1.29, 1.82) is 0 Å². The number of amides is 1. The second kappa shape index (κ2) is 7.66. The Balaban J connectivity index is 2.47. The van der Waals surface area contributed by atoms with Crippen molar-refractivity contribution in [1.82, 2.24) is 4.90 Å². The predicted octanol–water partition coefficient (Wildman–Crippen LogP) is 2.15. The molecule has 0 aromatic rings. The van der Waals surface area contributed by atoms with Gasteiger partial charge in [0.15, 0.2) is 0 Å². The number of nitrogens with two attached hydrogens (primary N) is 1. The first-order chi connectivity index (χ1) is 7.79. The number of carbonyl (C=O) groups is 1. The third-order valence-electron chi connectivity index (χ3n) is 3.55. The highest BCUT2D eigenvalue weighted by Gasteiger charge is 2.23. The summed E-state index contributed by atoms with van der Waals surface area (Å²) in [7, 11) is 0. The van der Waals surface area contributed by atoms with Crippen LogP contribution in [0.1, 0.15) is 51.9 Å². The average Bonchev–Trinajstić information content (AvgIpc) is 2.24. The normalized spacial score (nSPS) is 18.9. The van der Waals surface area contributed by atoms with E-state index in [4.69, 9.17) is 5.73 Å². The van der Waals surface area contributed by atoms with Crippen LogP contribution in [-0.2, 0) is 4.79 Å². The molecule has 0 aliphatic heterocycles. The summed E-state index contributed by atoms with van der Waals surface area (Å²) in [5.41, 5.74) is 5.53. The van der Waals surface area contributed by atoms with Gasteiger partial charge in [-0.1, -0.05) is 32.1 Å². The molecule has 0 spiro atoms. The maximum absolute atomic E-state index is 12.3. The maximum atomic E-state index is 12.3. The van der Waals surface area contributed by atoms with Crippen molar-refractivity contribution in [2.75, 3.05) is 19.6 Å². The molecule has 1 rings (SSSR count). The summed E-state index contributed by atoms with van der Waals surface area (Å²) in [5.74, 6) is 0.613. The van der Waals surface area contributed by atoms with Gasteiger partial charge >= 0.3 is 0 Å². The van der Waals surface area contributed by atoms with Gasteiger partial charge in [0.05, 0.1) is 0 Å². The summed E-state index contributed by atoms with van der Waals surface area (Å²) in [4.78, 5) is 14.2. The van der Waals surface area contributed by atoms with E-state index in [0.717, 1.165) is 19.4 Å². The van der Waals surface area contributed by atoms with E-state index in [1.165, 1.54) is 32.1 Å². The maximum Gasteiger partial charge on any atom is 0.225 e. The van der Waals surface area contributed by atoms with Crippen LogP contribution in [0.3, 0.4) is 0 Å². The van der Waals surface area contributed by atoms with Gasteiger partial charge in [0.25, 0.3) is 0 Å². The van der Waals surface area contributed by atoms with Gasteiger partial charge < -0.3 is 10.6 Å². The van der Waals surface area contributed by atoms with E-state index in [1.54, 1.807) is 0 Å². The van der Waals surface area contributed by atoms with Gasteiger partial charge in [-0.05, 0) is 19.8 Å². The van der Waals surface area contributed by atoms with Crippen LogP contribution < -0.4 is 5.73 Å². The zero-order valence-electron chi connectivity index (χ0n) is 10.6. The number of likely N-dealkylation sites (N-methyl/N-ethyl adjacent to an activating group) is 1. The molecule has 0 radical (unpaired) electrons. The molecule has 0 aromatic heterocycles. The molecule has 3 heteroatoms. The number of nitrogens with zero attached hydrogens (tertiary/aromatic N) is 1. The number of rotatable bonds is 4. The Kier molecular flexibility index (Phi) is 6.46. The lowest BCUT2D eigenvalue weighted by molar-refractivity contribution is -0.135. The average molecular weight is 226 g/mol. The van der Waals surface area contributed by atoms with Crippen LogP contribution in [-0.4, -0.2) is 30.4 Å². The van der Waals surface area contributed by atoms with Gasteiger partial charge in [-0.15, -0.1) is 0 Å². The molecule has 0 heterocycles. The minimum Gasteiger partial charge on any atom is -0.341 e. The van der Waals surface area contributed by atoms with Crippen LogP contribution >= 0.6 is 0 Å². The van der Waals surface area contributed by atoms with Gasteiger partial charge in [-0.25, -0.2) is 0 Å². The van der Waals surface area contributed by atoms with E-state index in [2.05, 4.69) is 0 Å². The Morgan fingerprint density at radius 3 is 2.25 bits per heavy atom. The van der Waals surface area contributed by atoms with Crippen molar-refractivity contribution in [3.8, 4) is 0 Å². The highest BCUT2D eigenvalue weighted by atomic mass is 16.2. The van der Waals surface area contributed by atoms with Gasteiger partial charge in [0.2, 0.25) is 5.91 Å². The molecule has 0 unspecified atom stereocenters. The van der Waals surface area contributed by atoms with Gasteiger partial charge in [-0.3, -0.25) is 4.79 Å². The molecule has 94 valence electrons. The van der Waals surface area contributed by atoms with Crippen molar-refractivity contribution >= 4 is 5.91 Å². The molecule has 3 nitrogen and oxygen atoms in total. The van der Waals surface area contributed by atoms with Crippen LogP contribution in [0.5, 0.6) is 0 Å². The Morgan fingerprint density at radius 1 is 1.19 bits per heavy atom. The fourth-order valence-electron chi connectivity index (χ4n) is 2.54. The SMILES string of the molecule is CCN(CCN)C(=O)C1CCCCCCC1. The van der Waals surface area contributed by atoms with Crippen LogP contribution in [0, 0.1) is 5.92 Å². The molecule has 1 amide bonds. The van der Waals surface area contributed by atoms with E-state index in [-0.39, 0.29) is 5.92 Å². The lowest BCUT2D eigenvalue weighted by atomic mass is 9.90. The monoisotopic (exact) mass is 226 g/mol. The molecule has 2 N–H and O–H groups in total. The minimum absolute atomic E-state index is 0.270. The van der Waals surface area contributed by atoms with Crippen LogP contribution in [0.25, 0.3) is 0 Å². The van der Waals surface area contributed by atoms with Crippen molar-refractivity contribution in [2.24, 2.45) is 11.7 Å². The smallest absolute Gasteiger partial charge is 0.225 e. The van der Waals surface area contributed by atoms with E-state index >= 15 is 0 Å². The molecule has 0 atom stereocenters. The third kappa shape index (κ3) is 4.12. The molecule has 16 heavy (non-hydrogen) atoms. The summed E-state index contributed by atoms with van der Waals surface area (Å²) in [6, 6.07) is 0. The second-order valence-corrected chi connectivity index (χ2v) is 4.75. The molecule has 0 saturated heterocycles. The topological polar surface area (TPSA) is 46.3 Å². The van der Waals surface area contributed by atoms with Gasteiger partial charge in [-0.2, -0.15) is 0 Å². The fourth-order valence-corrected chi connectivity index (χ4v) is 2.54.